The van der Waals surface area contributed by atoms with Gasteiger partial charge in [-0.25, -0.2) is 0 Å². The Bertz CT molecular complexity index is 371. The first-order chi connectivity index (χ1) is 6.20. The summed E-state index contributed by atoms with van der Waals surface area (Å²) < 4.78 is 0. The molecule has 0 spiro atoms. The minimum Gasteiger partial charge on any atom is -0.144 e. The van der Waals surface area contributed by atoms with Crippen molar-refractivity contribution in [3.63, 3.8) is 0 Å². The lowest BCUT2D eigenvalue weighted by molar-refractivity contribution is 0.933. The average molecular weight is 206 g/mol. The molecule has 0 N–H and O–H groups in total. The number of hydrogen-bond acceptors (Lipinski definition) is 1. The highest BCUT2D eigenvalue weighted by Gasteiger charge is 2.18. The SMILES string of the molecule is CC1=C([SiH3])C(C)C=C1c1cccs1. The molecule has 68 valence electrons. The summed E-state index contributed by atoms with van der Waals surface area (Å²) in [7, 11) is 1.20. The van der Waals surface area contributed by atoms with E-state index in [4.69, 9.17) is 0 Å². The fraction of sp³-hybridized carbons (Fsp3) is 0.273. The van der Waals surface area contributed by atoms with Crippen LogP contribution in [0.3, 0.4) is 0 Å². The average Bonchev–Trinajstić information content (AvgIpc) is 2.70. The van der Waals surface area contributed by atoms with E-state index in [0.717, 1.165) is 0 Å². The number of allylic oxidation sites excluding steroid dienone is 4. The highest BCUT2D eigenvalue weighted by Crippen LogP contribution is 2.36. The first kappa shape index (κ1) is 8.97. The van der Waals surface area contributed by atoms with Crippen molar-refractivity contribution in [3.8, 4) is 0 Å². The molecule has 1 aliphatic rings. The van der Waals surface area contributed by atoms with Gasteiger partial charge in [0.2, 0.25) is 0 Å². The molecule has 0 fully saturated rings. The minimum absolute atomic E-state index is 0.684. The maximum Gasteiger partial charge on any atom is 0.0344 e. The van der Waals surface area contributed by atoms with Gasteiger partial charge in [0.1, 0.15) is 0 Å². The molecule has 1 aliphatic carbocycles. The van der Waals surface area contributed by atoms with Gasteiger partial charge in [0.05, 0.1) is 0 Å². The van der Waals surface area contributed by atoms with Crippen molar-refractivity contribution in [2.45, 2.75) is 13.8 Å². The van der Waals surface area contributed by atoms with Gasteiger partial charge < -0.3 is 0 Å². The van der Waals surface area contributed by atoms with E-state index in [1.165, 1.54) is 26.3 Å². The van der Waals surface area contributed by atoms with Crippen LogP contribution >= 0.6 is 11.3 Å². The van der Waals surface area contributed by atoms with Crippen molar-refractivity contribution in [2.24, 2.45) is 5.92 Å². The number of thiophene rings is 1. The van der Waals surface area contributed by atoms with E-state index in [1.807, 2.05) is 11.3 Å². The largest absolute Gasteiger partial charge is 0.144 e. The first-order valence-corrected chi connectivity index (χ1v) is 6.51. The molecular weight excluding hydrogens is 192 g/mol. The zero-order valence-electron chi connectivity index (χ0n) is 8.29. The molecule has 0 radical (unpaired) electrons. The molecule has 0 bridgehead atoms. The zero-order chi connectivity index (χ0) is 9.42. The van der Waals surface area contributed by atoms with Gasteiger partial charge in [-0.15, -0.1) is 11.3 Å². The predicted molar refractivity (Wildman–Crippen MR) is 64.1 cm³/mol. The van der Waals surface area contributed by atoms with Crippen LogP contribution in [0.25, 0.3) is 5.57 Å². The monoisotopic (exact) mass is 206 g/mol. The Morgan fingerprint density at radius 2 is 2.23 bits per heavy atom. The second-order valence-corrected chi connectivity index (χ2v) is 5.68. The van der Waals surface area contributed by atoms with Crippen LogP contribution in [0.2, 0.25) is 0 Å². The van der Waals surface area contributed by atoms with Crippen molar-refractivity contribution in [1.82, 2.24) is 0 Å². The van der Waals surface area contributed by atoms with Crippen molar-refractivity contribution >= 4 is 27.2 Å². The van der Waals surface area contributed by atoms with Crippen molar-refractivity contribution in [1.29, 1.82) is 0 Å². The summed E-state index contributed by atoms with van der Waals surface area (Å²) in [4.78, 5) is 1.43. The molecule has 1 unspecified atom stereocenters. The van der Waals surface area contributed by atoms with Crippen LogP contribution in [0.1, 0.15) is 18.7 Å². The summed E-state index contributed by atoms with van der Waals surface area (Å²) >= 11 is 1.84. The van der Waals surface area contributed by atoms with E-state index in [2.05, 4.69) is 37.4 Å². The van der Waals surface area contributed by atoms with Crippen LogP contribution in [0.5, 0.6) is 0 Å². The molecule has 1 heterocycles. The molecule has 13 heavy (non-hydrogen) atoms. The number of hydrogen-bond donors (Lipinski definition) is 0. The van der Waals surface area contributed by atoms with E-state index in [1.54, 1.807) is 5.20 Å². The number of rotatable bonds is 1. The fourth-order valence-corrected chi connectivity index (χ4v) is 3.00. The Morgan fingerprint density at radius 3 is 2.69 bits per heavy atom. The van der Waals surface area contributed by atoms with Gasteiger partial charge in [-0.3, -0.25) is 0 Å². The van der Waals surface area contributed by atoms with Crippen LogP contribution in [0.4, 0.5) is 0 Å². The Labute approximate surface area is 86.4 Å². The van der Waals surface area contributed by atoms with Crippen molar-refractivity contribution < 1.29 is 0 Å². The van der Waals surface area contributed by atoms with E-state index >= 15 is 0 Å². The third-order valence-electron chi connectivity index (χ3n) is 2.88. The normalized spacial score (nSPS) is 22.6. The lowest BCUT2D eigenvalue weighted by Gasteiger charge is -2.02. The molecule has 0 saturated heterocycles. The Balaban J connectivity index is 2.44. The molecule has 1 aromatic rings. The summed E-state index contributed by atoms with van der Waals surface area (Å²) in [6.07, 6.45) is 2.41. The maximum absolute atomic E-state index is 2.41. The fourth-order valence-electron chi connectivity index (χ4n) is 1.75. The Morgan fingerprint density at radius 1 is 1.46 bits per heavy atom. The lowest BCUT2D eigenvalue weighted by atomic mass is 10.1. The predicted octanol–water partition coefficient (Wildman–Crippen LogP) is 2.42. The second-order valence-electron chi connectivity index (χ2n) is 3.65. The smallest absolute Gasteiger partial charge is 0.0344 e. The molecule has 0 amide bonds. The second kappa shape index (κ2) is 3.27. The summed E-state index contributed by atoms with van der Waals surface area (Å²) in [5.41, 5.74) is 3.01. The van der Waals surface area contributed by atoms with Gasteiger partial charge >= 0.3 is 0 Å². The highest BCUT2D eigenvalue weighted by atomic mass is 32.1. The summed E-state index contributed by atoms with van der Waals surface area (Å²) in [5.74, 6) is 0.684. The van der Waals surface area contributed by atoms with Crippen molar-refractivity contribution in [3.05, 3.63) is 39.2 Å². The molecule has 2 rings (SSSR count). The topological polar surface area (TPSA) is 0 Å². The zero-order valence-corrected chi connectivity index (χ0v) is 11.1. The third-order valence-corrected chi connectivity index (χ3v) is 5.45. The van der Waals surface area contributed by atoms with Gasteiger partial charge in [0, 0.05) is 15.1 Å². The molecule has 1 atom stereocenters. The van der Waals surface area contributed by atoms with E-state index in [-0.39, 0.29) is 0 Å². The standard InChI is InChI=1S/C11H14SSi/c1-7-6-9(8(2)11(7)13)10-4-3-5-12-10/h3-7H,1-2,13H3. The van der Waals surface area contributed by atoms with Gasteiger partial charge in [0.25, 0.3) is 0 Å². The Hall–Kier alpha value is -0.603. The highest BCUT2D eigenvalue weighted by molar-refractivity contribution is 7.11. The van der Waals surface area contributed by atoms with Gasteiger partial charge in [0.15, 0.2) is 0 Å². The van der Waals surface area contributed by atoms with Crippen LogP contribution in [-0.2, 0) is 0 Å². The van der Waals surface area contributed by atoms with Crippen LogP contribution < -0.4 is 0 Å². The van der Waals surface area contributed by atoms with Gasteiger partial charge in [-0.2, -0.15) is 0 Å². The third kappa shape index (κ3) is 1.44. The molecule has 2 heteroatoms. The quantitative estimate of drug-likeness (QED) is 0.619. The van der Waals surface area contributed by atoms with Crippen LogP contribution in [0.15, 0.2) is 34.4 Å². The van der Waals surface area contributed by atoms with E-state index < -0.39 is 0 Å². The van der Waals surface area contributed by atoms with Gasteiger partial charge in [-0.05, 0) is 35.4 Å². The summed E-state index contributed by atoms with van der Waals surface area (Å²) in [6, 6.07) is 4.34. The molecule has 0 saturated carbocycles. The maximum atomic E-state index is 2.41. The van der Waals surface area contributed by atoms with E-state index in [9.17, 15) is 0 Å². The minimum atomic E-state index is 0.684. The summed E-state index contributed by atoms with van der Waals surface area (Å²) in [5, 5.41) is 3.81. The molecular formula is C11H14SSi. The van der Waals surface area contributed by atoms with Crippen LogP contribution in [0, 0.1) is 5.92 Å². The Kier molecular flexibility index (Phi) is 2.26. The lowest BCUT2D eigenvalue weighted by Crippen LogP contribution is -1.90. The molecule has 0 aliphatic heterocycles. The van der Waals surface area contributed by atoms with Crippen molar-refractivity contribution in [2.75, 3.05) is 0 Å². The first-order valence-electron chi connectivity index (χ1n) is 4.63. The van der Waals surface area contributed by atoms with Crippen LogP contribution in [-0.4, -0.2) is 10.2 Å². The molecule has 0 aromatic carbocycles. The summed E-state index contributed by atoms with van der Waals surface area (Å²) in [6.45, 7) is 4.56. The van der Waals surface area contributed by atoms with Gasteiger partial charge in [-0.1, -0.05) is 24.3 Å². The molecule has 1 aromatic heterocycles. The molecule has 0 nitrogen and oxygen atoms in total. The van der Waals surface area contributed by atoms with E-state index in [0.29, 0.717) is 5.92 Å².